The number of aliphatic hydroxyl groups excluding tert-OH is 2. The number of ether oxygens (including phenoxy) is 2. The standard InChI is InChI=1S/C18H25N3O4/c1-24-13-9-14(16(23)15(13)22)25-18-10-5-4-7-11(10)20-17(21-18)12-6-2-3-8-19-12/h2-3,12-16,19,22-23H,4-9H2,1H3. The molecule has 1 saturated carbocycles. The third-order valence-corrected chi connectivity index (χ3v) is 5.39. The third kappa shape index (κ3) is 3.17. The molecule has 0 radical (unpaired) electrons. The lowest BCUT2D eigenvalue weighted by Crippen LogP contribution is -2.35. The summed E-state index contributed by atoms with van der Waals surface area (Å²) in [6.07, 6.45) is 5.55. The highest BCUT2D eigenvalue weighted by Crippen LogP contribution is 2.33. The molecule has 4 rings (SSSR count). The highest BCUT2D eigenvalue weighted by Gasteiger charge is 2.44. The van der Waals surface area contributed by atoms with Crippen molar-refractivity contribution in [3.8, 4) is 5.88 Å². The highest BCUT2D eigenvalue weighted by molar-refractivity contribution is 5.35. The van der Waals surface area contributed by atoms with E-state index < -0.39 is 24.4 Å². The fourth-order valence-electron chi connectivity index (χ4n) is 3.92. The number of rotatable bonds is 4. The molecule has 0 saturated heterocycles. The molecule has 3 N–H and O–H groups in total. The summed E-state index contributed by atoms with van der Waals surface area (Å²) in [6.45, 7) is 0.810. The van der Waals surface area contributed by atoms with Crippen LogP contribution in [0.3, 0.4) is 0 Å². The molecule has 0 bridgehead atoms. The van der Waals surface area contributed by atoms with E-state index in [1.807, 2.05) is 0 Å². The normalized spacial score (nSPS) is 34.3. The van der Waals surface area contributed by atoms with Gasteiger partial charge in [0.2, 0.25) is 5.88 Å². The summed E-state index contributed by atoms with van der Waals surface area (Å²) in [4.78, 5) is 9.43. The lowest BCUT2D eigenvalue weighted by Gasteiger charge is -2.22. The van der Waals surface area contributed by atoms with Gasteiger partial charge in [0.25, 0.3) is 0 Å². The number of nitrogens with one attached hydrogen (secondary N) is 1. The molecular formula is C18H25N3O4. The van der Waals surface area contributed by atoms with Crippen LogP contribution >= 0.6 is 0 Å². The zero-order valence-electron chi connectivity index (χ0n) is 14.4. The van der Waals surface area contributed by atoms with E-state index in [1.54, 1.807) is 0 Å². The topological polar surface area (TPSA) is 96.7 Å². The molecule has 5 atom stereocenters. The van der Waals surface area contributed by atoms with Crippen molar-refractivity contribution in [3.05, 3.63) is 29.2 Å². The van der Waals surface area contributed by atoms with Gasteiger partial charge in [0, 0.05) is 25.6 Å². The number of hydrogen-bond donors (Lipinski definition) is 3. The summed E-state index contributed by atoms with van der Waals surface area (Å²) in [7, 11) is 1.53. The van der Waals surface area contributed by atoms with E-state index in [0.717, 1.165) is 49.3 Å². The molecule has 0 aromatic carbocycles. The van der Waals surface area contributed by atoms with E-state index in [9.17, 15) is 10.2 Å². The van der Waals surface area contributed by atoms with Gasteiger partial charge in [-0.1, -0.05) is 12.2 Å². The first-order valence-corrected chi connectivity index (χ1v) is 9.01. The average Bonchev–Trinajstić information content (AvgIpc) is 3.22. The van der Waals surface area contributed by atoms with Gasteiger partial charge in [-0.15, -0.1) is 0 Å². The predicted molar refractivity (Wildman–Crippen MR) is 90.4 cm³/mol. The van der Waals surface area contributed by atoms with Crippen LogP contribution in [0, 0.1) is 0 Å². The molecule has 2 heterocycles. The Hall–Kier alpha value is -1.54. The minimum absolute atomic E-state index is 0.0871. The number of aromatic nitrogens is 2. The minimum Gasteiger partial charge on any atom is -0.471 e. The van der Waals surface area contributed by atoms with Crippen LogP contribution in [0.5, 0.6) is 5.88 Å². The van der Waals surface area contributed by atoms with E-state index in [4.69, 9.17) is 14.5 Å². The molecule has 1 aromatic rings. The van der Waals surface area contributed by atoms with Crippen molar-refractivity contribution in [2.75, 3.05) is 13.7 Å². The molecule has 1 fully saturated rings. The van der Waals surface area contributed by atoms with Crippen molar-refractivity contribution in [3.63, 3.8) is 0 Å². The smallest absolute Gasteiger partial charge is 0.220 e. The van der Waals surface area contributed by atoms with Gasteiger partial charge in [0.1, 0.15) is 24.1 Å². The molecule has 136 valence electrons. The third-order valence-electron chi connectivity index (χ3n) is 5.39. The molecular weight excluding hydrogens is 322 g/mol. The van der Waals surface area contributed by atoms with Gasteiger partial charge in [0.05, 0.1) is 17.8 Å². The SMILES string of the molecule is COC1CC(Oc2nc(C3CC=CCN3)nc3c2CCC3)C(O)C1O. The lowest BCUT2D eigenvalue weighted by atomic mass is 10.1. The molecule has 1 aliphatic heterocycles. The quantitative estimate of drug-likeness (QED) is 0.680. The molecule has 5 unspecified atom stereocenters. The molecule has 7 heteroatoms. The second kappa shape index (κ2) is 6.99. The van der Waals surface area contributed by atoms with Crippen LogP contribution in [0.15, 0.2) is 12.2 Å². The van der Waals surface area contributed by atoms with Gasteiger partial charge in [-0.2, -0.15) is 4.98 Å². The Morgan fingerprint density at radius 1 is 1.12 bits per heavy atom. The predicted octanol–water partition coefficient (Wildman–Crippen LogP) is 0.444. The first kappa shape index (κ1) is 16.9. The Morgan fingerprint density at radius 2 is 1.96 bits per heavy atom. The van der Waals surface area contributed by atoms with Gasteiger partial charge in [-0.25, -0.2) is 4.98 Å². The van der Waals surface area contributed by atoms with Gasteiger partial charge in [-0.3, -0.25) is 0 Å². The van der Waals surface area contributed by atoms with Crippen LogP contribution in [0.1, 0.15) is 42.4 Å². The first-order chi connectivity index (χ1) is 12.2. The van der Waals surface area contributed by atoms with Crippen molar-refractivity contribution in [2.45, 2.75) is 62.6 Å². The summed E-state index contributed by atoms with van der Waals surface area (Å²) in [6, 6.07) is 0.0871. The van der Waals surface area contributed by atoms with Crippen LogP contribution < -0.4 is 10.1 Å². The fourth-order valence-corrected chi connectivity index (χ4v) is 3.92. The van der Waals surface area contributed by atoms with E-state index in [0.29, 0.717) is 12.3 Å². The van der Waals surface area contributed by atoms with Crippen LogP contribution in [-0.4, -0.2) is 58.3 Å². The van der Waals surface area contributed by atoms with E-state index in [2.05, 4.69) is 22.5 Å². The zero-order chi connectivity index (χ0) is 17.4. The molecule has 0 spiro atoms. The van der Waals surface area contributed by atoms with Gasteiger partial charge in [-0.05, 0) is 25.7 Å². The Balaban J connectivity index is 1.60. The molecule has 2 aliphatic carbocycles. The maximum atomic E-state index is 10.3. The number of methoxy groups -OCH3 is 1. The van der Waals surface area contributed by atoms with Crippen molar-refractivity contribution in [1.82, 2.24) is 15.3 Å². The van der Waals surface area contributed by atoms with E-state index in [1.165, 1.54) is 7.11 Å². The fraction of sp³-hybridized carbons (Fsp3) is 0.667. The van der Waals surface area contributed by atoms with Crippen LogP contribution in [0.4, 0.5) is 0 Å². The Bertz CT molecular complexity index is 666. The second-order valence-corrected chi connectivity index (χ2v) is 6.98. The monoisotopic (exact) mass is 347 g/mol. The van der Waals surface area contributed by atoms with Crippen LogP contribution in [-0.2, 0) is 17.6 Å². The molecule has 3 aliphatic rings. The average molecular weight is 347 g/mol. The summed E-state index contributed by atoms with van der Waals surface area (Å²) in [5.41, 5.74) is 2.09. The Morgan fingerprint density at radius 3 is 2.68 bits per heavy atom. The van der Waals surface area contributed by atoms with E-state index >= 15 is 0 Å². The summed E-state index contributed by atoms with van der Waals surface area (Å²) >= 11 is 0. The van der Waals surface area contributed by atoms with Crippen molar-refractivity contribution < 1.29 is 19.7 Å². The maximum Gasteiger partial charge on any atom is 0.220 e. The van der Waals surface area contributed by atoms with Crippen molar-refractivity contribution >= 4 is 0 Å². The molecule has 1 aromatic heterocycles. The summed E-state index contributed by atoms with van der Waals surface area (Å²) in [5, 5.41) is 23.7. The lowest BCUT2D eigenvalue weighted by molar-refractivity contribution is -0.0486. The Kier molecular flexibility index (Phi) is 4.73. The zero-order valence-corrected chi connectivity index (χ0v) is 14.4. The number of hydrogen-bond acceptors (Lipinski definition) is 7. The minimum atomic E-state index is -0.976. The number of nitrogens with zero attached hydrogens (tertiary/aromatic N) is 2. The summed E-state index contributed by atoms with van der Waals surface area (Å²) in [5.74, 6) is 1.30. The molecule has 25 heavy (non-hydrogen) atoms. The Labute approximate surface area is 147 Å². The van der Waals surface area contributed by atoms with Crippen molar-refractivity contribution in [2.24, 2.45) is 0 Å². The number of fused-ring (bicyclic) bond motifs is 1. The first-order valence-electron chi connectivity index (χ1n) is 9.01. The summed E-state index contributed by atoms with van der Waals surface area (Å²) < 4.78 is 11.3. The van der Waals surface area contributed by atoms with Gasteiger partial charge >= 0.3 is 0 Å². The van der Waals surface area contributed by atoms with Crippen molar-refractivity contribution in [1.29, 1.82) is 0 Å². The number of aliphatic hydroxyl groups is 2. The van der Waals surface area contributed by atoms with Gasteiger partial charge in [0.15, 0.2) is 0 Å². The largest absolute Gasteiger partial charge is 0.471 e. The van der Waals surface area contributed by atoms with E-state index in [-0.39, 0.29) is 6.04 Å². The van der Waals surface area contributed by atoms with Crippen LogP contribution in [0.25, 0.3) is 0 Å². The van der Waals surface area contributed by atoms with Crippen LogP contribution in [0.2, 0.25) is 0 Å². The molecule has 0 amide bonds. The molecule has 7 nitrogen and oxygen atoms in total. The second-order valence-electron chi connectivity index (χ2n) is 6.98. The van der Waals surface area contributed by atoms with Gasteiger partial charge < -0.3 is 25.0 Å². The highest BCUT2D eigenvalue weighted by atomic mass is 16.5. The number of aryl methyl sites for hydroxylation is 1. The maximum absolute atomic E-state index is 10.3.